The van der Waals surface area contributed by atoms with Crippen molar-refractivity contribution in [1.82, 2.24) is 10.6 Å². The summed E-state index contributed by atoms with van der Waals surface area (Å²) >= 11 is 0. The Balaban J connectivity index is 1.78. The Labute approximate surface area is 219 Å². The predicted molar refractivity (Wildman–Crippen MR) is 135 cm³/mol. The van der Waals surface area contributed by atoms with Crippen molar-refractivity contribution in [2.45, 2.75) is 109 Å². The molecule has 10 heteroatoms. The molecule has 1 atom stereocenters. The zero-order chi connectivity index (χ0) is 26.9. The lowest BCUT2D eigenvalue weighted by Crippen LogP contribution is -2.43. The highest BCUT2D eigenvalue weighted by Crippen LogP contribution is 2.25. The Morgan fingerprint density at radius 2 is 1.30 bits per heavy atom. The Morgan fingerprint density at radius 1 is 0.730 bits per heavy atom. The van der Waals surface area contributed by atoms with E-state index in [0.717, 1.165) is 51.4 Å². The van der Waals surface area contributed by atoms with Gasteiger partial charge in [-0.2, -0.15) is 0 Å². The summed E-state index contributed by atoms with van der Waals surface area (Å²) < 4.78 is 10.9. The van der Waals surface area contributed by atoms with E-state index in [2.05, 4.69) is 10.6 Å². The molecule has 2 aliphatic carbocycles. The van der Waals surface area contributed by atoms with Crippen LogP contribution in [-0.4, -0.2) is 60.6 Å². The van der Waals surface area contributed by atoms with Crippen molar-refractivity contribution in [2.24, 2.45) is 11.8 Å². The van der Waals surface area contributed by atoms with Crippen LogP contribution in [0, 0.1) is 11.8 Å². The van der Waals surface area contributed by atoms with Crippen LogP contribution >= 0.6 is 0 Å². The number of hydrogen-bond acceptors (Lipinski definition) is 7. The molecule has 2 fully saturated rings. The van der Waals surface area contributed by atoms with Gasteiger partial charge in [-0.3, -0.25) is 19.2 Å². The molecular weight excluding hydrogens is 480 g/mol. The van der Waals surface area contributed by atoms with Gasteiger partial charge in [-0.1, -0.05) is 38.5 Å². The zero-order valence-electron chi connectivity index (χ0n) is 22.0. The highest BCUT2D eigenvalue weighted by Gasteiger charge is 2.26. The van der Waals surface area contributed by atoms with E-state index in [1.54, 1.807) is 0 Å². The minimum Gasteiger partial charge on any atom is -0.481 e. The first-order chi connectivity index (χ1) is 17.8. The van der Waals surface area contributed by atoms with E-state index in [1.807, 2.05) is 0 Å². The second kappa shape index (κ2) is 17.7. The van der Waals surface area contributed by atoms with E-state index in [9.17, 15) is 24.0 Å². The lowest BCUT2D eigenvalue weighted by atomic mass is 9.90. The second-order valence-electron chi connectivity index (χ2n) is 10.3. The third kappa shape index (κ3) is 14.0. The van der Waals surface area contributed by atoms with E-state index in [-0.39, 0.29) is 44.6 Å². The van der Waals surface area contributed by atoms with Crippen molar-refractivity contribution in [1.29, 1.82) is 0 Å². The molecule has 2 rings (SSSR count). The maximum Gasteiger partial charge on any atom is 0.328 e. The summed E-state index contributed by atoms with van der Waals surface area (Å²) in [6.45, 7) is 0.908. The van der Waals surface area contributed by atoms with E-state index in [0.29, 0.717) is 31.5 Å². The van der Waals surface area contributed by atoms with Gasteiger partial charge in [0.15, 0.2) is 0 Å². The molecule has 0 aromatic rings. The molecule has 0 heterocycles. The summed E-state index contributed by atoms with van der Waals surface area (Å²) in [7, 11) is 0. The van der Waals surface area contributed by atoms with Gasteiger partial charge in [-0.15, -0.1) is 0 Å². The van der Waals surface area contributed by atoms with E-state index < -0.39 is 29.9 Å². The van der Waals surface area contributed by atoms with E-state index in [1.165, 1.54) is 12.8 Å². The molecule has 0 saturated heterocycles. The summed E-state index contributed by atoms with van der Waals surface area (Å²) in [4.78, 5) is 60.0. The molecule has 0 aliphatic heterocycles. The number of carboxylic acids is 1. The van der Waals surface area contributed by atoms with Gasteiger partial charge in [0.1, 0.15) is 6.04 Å². The normalized spacial score (nSPS) is 17.4. The third-order valence-corrected chi connectivity index (χ3v) is 7.12. The number of esters is 2. The summed E-state index contributed by atoms with van der Waals surface area (Å²) in [6.07, 6.45) is 11.2. The number of carbonyl (C=O) groups excluding carboxylic acids is 4. The average molecular weight is 525 g/mol. The van der Waals surface area contributed by atoms with Gasteiger partial charge in [-0.05, 0) is 50.4 Å². The van der Waals surface area contributed by atoms with Gasteiger partial charge in [0.25, 0.3) is 0 Å². The zero-order valence-corrected chi connectivity index (χ0v) is 22.0. The fraction of sp³-hybridized carbons (Fsp3) is 0.815. The Hall–Kier alpha value is -2.65. The summed E-state index contributed by atoms with van der Waals surface area (Å²) in [6, 6.07) is -0.989. The fourth-order valence-electron chi connectivity index (χ4n) is 4.85. The monoisotopic (exact) mass is 524 g/mol. The highest BCUT2D eigenvalue weighted by molar-refractivity contribution is 5.87. The number of hydrogen-bond donors (Lipinski definition) is 3. The molecule has 0 spiro atoms. The van der Waals surface area contributed by atoms with Crippen LogP contribution in [-0.2, 0) is 33.4 Å². The number of aliphatic carboxylic acids is 1. The lowest BCUT2D eigenvalue weighted by Gasteiger charge is -2.23. The third-order valence-electron chi connectivity index (χ3n) is 7.12. The van der Waals surface area contributed by atoms with Crippen LogP contribution in [0.4, 0.5) is 0 Å². The number of nitrogens with one attached hydrogen (secondary N) is 2. The van der Waals surface area contributed by atoms with Crippen LogP contribution in [0.2, 0.25) is 0 Å². The number of carbonyl (C=O) groups is 5. The van der Waals surface area contributed by atoms with Crippen LogP contribution in [0.15, 0.2) is 0 Å². The number of ether oxygens (including phenoxy) is 2. The molecule has 10 nitrogen and oxygen atoms in total. The molecule has 3 N–H and O–H groups in total. The molecule has 37 heavy (non-hydrogen) atoms. The maximum absolute atomic E-state index is 12.8. The van der Waals surface area contributed by atoms with Crippen molar-refractivity contribution < 1.29 is 38.6 Å². The smallest absolute Gasteiger partial charge is 0.328 e. The van der Waals surface area contributed by atoms with E-state index >= 15 is 0 Å². The first-order valence-electron chi connectivity index (χ1n) is 13.9. The van der Waals surface area contributed by atoms with Gasteiger partial charge in [0.05, 0.1) is 13.2 Å². The van der Waals surface area contributed by atoms with Crippen LogP contribution in [0.25, 0.3) is 0 Å². The van der Waals surface area contributed by atoms with Gasteiger partial charge in [-0.25, -0.2) is 4.79 Å². The average Bonchev–Trinajstić information content (AvgIpc) is 2.90. The van der Waals surface area contributed by atoms with Crippen molar-refractivity contribution >= 4 is 29.7 Å². The molecular formula is C27H44N2O8. The Kier molecular flexibility index (Phi) is 14.7. The number of rotatable bonds is 16. The molecule has 210 valence electrons. The van der Waals surface area contributed by atoms with Crippen LogP contribution in [0.5, 0.6) is 0 Å². The molecule has 0 aromatic heterocycles. The molecule has 0 radical (unpaired) electrons. The number of amides is 2. The van der Waals surface area contributed by atoms with E-state index in [4.69, 9.17) is 14.6 Å². The standard InChI is InChI=1S/C27H44N2O8/c30-23(28-17-7-12-25(32)33)14-15-24(31)29-22(27(35)37-19-21-10-5-2-6-11-21)13-16-26(34)36-18-20-8-3-1-4-9-20/h20-22H,1-19H2,(H,28,30)(H,29,31)(H,32,33). The van der Waals surface area contributed by atoms with Crippen molar-refractivity contribution in [3.8, 4) is 0 Å². The SMILES string of the molecule is O=C(O)CCCNC(=O)CCC(=O)NC(CCC(=O)OCC1CCCCC1)C(=O)OCC1CCCCC1. The quantitative estimate of drug-likeness (QED) is 0.206. The first kappa shape index (κ1) is 30.6. The lowest BCUT2D eigenvalue weighted by molar-refractivity contribution is -0.151. The predicted octanol–water partition coefficient (Wildman–Crippen LogP) is 3.26. The maximum atomic E-state index is 12.8. The van der Waals surface area contributed by atoms with Gasteiger partial charge >= 0.3 is 17.9 Å². The Morgan fingerprint density at radius 3 is 1.89 bits per heavy atom. The first-order valence-corrected chi connectivity index (χ1v) is 13.9. The number of carboxylic acid groups (broad SMARTS) is 1. The van der Waals surface area contributed by atoms with Crippen molar-refractivity contribution in [3.05, 3.63) is 0 Å². The van der Waals surface area contributed by atoms with Crippen molar-refractivity contribution in [2.75, 3.05) is 19.8 Å². The van der Waals surface area contributed by atoms with Gasteiger partial charge < -0.3 is 25.2 Å². The molecule has 2 saturated carbocycles. The molecule has 0 bridgehead atoms. The van der Waals surface area contributed by atoms with Gasteiger partial charge in [0.2, 0.25) is 11.8 Å². The Bertz CT molecular complexity index is 745. The minimum atomic E-state index is -0.989. The molecule has 1 unspecified atom stereocenters. The molecule has 2 amide bonds. The van der Waals surface area contributed by atoms with Crippen LogP contribution < -0.4 is 10.6 Å². The molecule has 2 aliphatic rings. The van der Waals surface area contributed by atoms with Crippen molar-refractivity contribution in [3.63, 3.8) is 0 Å². The summed E-state index contributed by atoms with van der Waals surface area (Å²) in [5.74, 6) is -2.06. The van der Waals surface area contributed by atoms with Gasteiger partial charge in [0, 0.05) is 32.2 Å². The van der Waals surface area contributed by atoms with Crippen LogP contribution in [0.1, 0.15) is 103 Å². The highest BCUT2D eigenvalue weighted by atomic mass is 16.5. The topological polar surface area (TPSA) is 148 Å². The van der Waals surface area contributed by atoms with Crippen LogP contribution in [0.3, 0.4) is 0 Å². The summed E-state index contributed by atoms with van der Waals surface area (Å²) in [5, 5.41) is 13.8. The summed E-state index contributed by atoms with van der Waals surface area (Å²) in [5.41, 5.74) is 0. The molecule has 0 aromatic carbocycles. The largest absolute Gasteiger partial charge is 0.481 e. The fourth-order valence-corrected chi connectivity index (χ4v) is 4.85. The minimum absolute atomic E-state index is 0.0136. The second-order valence-corrected chi connectivity index (χ2v) is 10.3.